The minimum absolute atomic E-state index is 0.246. The van der Waals surface area contributed by atoms with Gasteiger partial charge in [-0.15, -0.1) is 0 Å². The van der Waals surface area contributed by atoms with Crippen LogP contribution in [0.3, 0.4) is 0 Å². The van der Waals surface area contributed by atoms with Gasteiger partial charge in [-0.1, -0.05) is 42.1 Å². The number of carbonyl (C=O) groups excluding carboxylic acids is 1. The zero-order chi connectivity index (χ0) is 17.8. The molecule has 25 heavy (non-hydrogen) atoms. The SMILES string of the molecule is C=Cc1ccc(C(=O)N[C@H](C)c2nc(-c3cccc(F)c3)no2)cc1. The van der Waals surface area contributed by atoms with Crippen molar-refractivity contribution in [2.45, 2.75) is 13.0 Å². The zero-order valence-electron chi connectivity index (χ0n) is 13.6. The first-order chi connectivity index (χ1) is 12.1. The summed E-state index contributed by atoms with van der Waals surface area (Å²) in [5, 5.41) is 6.63. The van der Waals surface area contributed by atoms with Crippen molar-refractivity contribution >= 4 is 12.0 Å². The van der Waals surface area contributed by atoms with Gasteiger partial charge in [-0.25, -0.2) is 4.39 Å². The third-order valence-electron chi connectivity index (χ3n) is 3.65. The number of hydrogen-bond donors (Lipinski definition) is 1. The van der Waals surface area contributed by atoms with Crippen LogP contribution >= 0.6 is 0 Å². The molecule has 3 rings (SSSR count). The molecule has 1 amide bonds. The maximum absolute atomic E-state index is 13.3. The number of nitrogens with zero attached hydrogens (tertiary/aromatic N) is 2. The summed E-state index contributed by atoms with van der Waals surface area (Å²) in [4.78, 5) is 16.5. The fraction of sp³-hybridized carbons (Fsp3) is 0.105. The number of aromatic nitrogens is 2. The van der Waals surface area contributed by atoms with Gasteiger partial charge < -0.3 is 9.84 Å². The van der Waals surface area contributed by atoms with Crippen LogP contribution in [0.2, 0.25) is 0 Å². The van der Waals surface area contributed by atoms with E-state index in [0.717, 1.165) is 5.56 Å². The van der Waals surface area contributed by atoms with E-state index in [1.165, 1.54) is 12.1 Å². The van der Waals surface area contributed by atoms with E-state index in [1.807, 2.05) is 0 Å². The van der Waals surface area contributed by atoms with Crippen LogP contribution in [0.1, 0.15) is 34.8 Å². The molecule has 0 spiro atoms. The number of rotatable bonds is 5. The van der Waals surface area contributed by atoms with Gasteiger partial charge in [-0.05, 0) is 36.8 Å². The monoisotopic (exact) mass is 337 g/mol. The molecule has 5 nitrogen and oxygen atoms in total. The highest BCUT2D eigenvalue weighted by molar-refractivity contribution is 5.94. The average molecular weight is 337 g/mol. The molecule has 0 aliphatic rings. The van der Waals surface area contributed by atoms with Gasteiger partial charge in [0.05, 0.1) is 0 Å². The second kappa shape index (κ2) is 7.09. The lowest BCUT2D eigenvalue weighted by atomic mass is 10.1. The van der Waals surface area contributed by atoms with Gasteiger partial charge in [0, 0.05) is 11.1 Å². The predicted molar refractivity (Wildman–Crippen MR) is 92.1 cm³/mol. The first kappa shape index (κ1) is 16.6. The second-order valence-electron chi connectivity index (χ2n) is 5.49. The molecule has 0 saturated heterocycles. The summed E-state index contributed by atoms with van der Waals surface area (Å²) in [6, 6.07) is 12.5. The molecular weight excluding hydrogens is 321 g/mol. The van der Waals surface area contributed by atoms with Crippen molar-refractivity contribution < 1.29 is 13.7 Å². The van der Waals surface area contributed by atoms with Crippen LogP contribution in [0.15, 0.2) is 59.6 Å². The maximum Gasteiger partial charge on any atom is 0.251 e. The fourth-order valence-corrected chi connectivity index (χ4v) is 2.27. The minimum atomic E-state index is -0.485. The third-order valence-corrected chi connectivity index (χ3v) is 3.65. The topological polar surface area (TPSA) is 68.0 Å². The molecule has 0 aliphatic heterocycles. The number of hydrogen-bond acceptors (Lipinski definition) is 4. The number of benzene rings is 2. The zero-order valence-corrected chi connectivity index (χ0v) is 13.6. The minimum Gasteiger partial charge on any atom is -0.341 e. The fourth-order valence-electron chi connectivity index (χ4n) is 2.27. The predicted octanol–water partition coefficient (Wildman–Crippen LogP) is 4.01. The van der Waals surface area contributed by atoms with Gasteiger partial charge in [-0.3, -0.25) is 4.79 Å². The van der Waals surface area contributed by atoms with Crippen LogP contribution in [0.25, 0.3) is 17.5 Å². The normalized spacial score (nSPS) is 11.8. The van der Waals surface area contributed by atoms with Crippen LogP contribution in [-0.4, -0.2) is 16.0 Å². The quantitative estimate of drug-likeness (QED) is 0.764. The van der Waals surface area contributed by atoms with Crippen molar-refractivity contribution in [3.05, 3.63) is 77.9 Å². The summed E-state index contributed by atoms with van der Waals surface area (Å²) >= 11 is 0. The Morgan fingerprint density at radius 3 is 2.72 bits per heavy atom. The Morgan fingerprint density at radius 2 is 2.04 bits per heavy atom. The van der Waals surface area contributed by atoms with E-state index in [4.69, 9.17) is 4.52 Å². The molecule has 0 unspecified atom stereocenters. The first-order valence-corrected chi connectivity index (χ1v) is 7.69. The van der Waals surface area contributed by atoms with E-state index in [9.17, 15) is 9.18 Å². The number of carbonyl (C=O) groups is 1. The highest BCUT2D eigenvalue weighted by atomic mass is 19.1. The van der Waals surface area contributed by atoms with E-state index >= 15 is 0 Å². The van der Waals surface area contributed by atoms with Crippen LogP contribution < -0.4 is 5.32 Å². The molecule has 1 atom stereocenters. The van der Waals surface area contributed by atoms with Gasteiger partial charge in [0.25, 0.3) is 5.91 Å². The standard InChI is InChI=1S/C19H16FN3O2/c1-3-13-7-9-14(10-8-13)18(24)21-12(2)19-22-17(23-25-19)15-5-4-6-16(20)11-15/h3-12H,1H2,2H3,(H,21,24)/t12-/m1/s1. The van der Waals surface area contributed by atoms with Gasteiger partial charge in [0.2, 0.25) is 11.7 Å². The Labute approximate surface area is 144 Å². The number of amides is 1. The molecule has 0 aliphatic carbocycles. The molecule has 0 fully saturated rings. The van der Waals surface area contributed by atoms with Crippen molar-refractivity contribution in [2.75, 3.05) is 0 Å². The molecule has 1 N–H and O–H groups in total. The third kappa shape index (κ3) is 3.80. The summed E-state index contributed by atoms with van der Waals surface area (Å²) in [6.07, 6.45) is 1.71. The molecule has 2 aromatic carbocycles. The van der Waals surface area contributed by atoms with Gasteiger partial charge in [0.1, 0.15) is 11.9 Å². The Balaban J connectivity index is 1.71. The molecule has 3 aromatic rings. The summed E-state index contributed by atoms with van der Waals surface area (Å²) in [5.74, 6) is -0.122. The molecule has 0 bridgehead atoms. The van der Waals surface area contributed by atoms with E-state index in [0.29, 0.717) is 11.1 Å². The first-order valence-electron chi connectivity index (χ1n) is 7.69. The Bertz CT molecular complexity index is 903. The largest absolute Gasteiger partial charge is 0.341 e. The molecule has 1 aromatic heterocycles. The smallest absolute Gasteiger partial charge is 0.251 e. The van der Waals surface area contributed by atoms with Crippen LogP contribution in [0, 0.1) is 5.82 Å². The highest BCUT2D eigenvalue weighted by Gasteiger charge is 2.18. The molecular formula is C19H16FN3O2. The molecule has 0 saturated carbocycles. The summed E-state index contributed by atoms with van der Waals surface area (Å²) in [6.45, 7) is 5.41. The Kier molecular flexibility index (Phi) is 4.70. The Morgan fingerprint density at radius 1 is 1.28 bits per heavy atom. The van der Waals surface area contributed by atoms with Crippen LogP contribution in [0.4, 0.5) is 4.39 Å². The highest BCUT2D eigenvalue weighted by Crippen LogP contribution is 2.19. The molecule has 0 radical (unpaired) electrons. The maximum atomic E-state index is 13.3. The number of nitrogens with one attached hydrogen (secondary N) is 1. The van der Waals surface area contributed by atoms with E-state index in [1.54, 1.807) is 49.4 Å². The van der Waals surface area contributed by atoms with Crippen molar-refractivity contribution in [2.24, 2.45) is 0 Å². The molecule has 126 valence electrons. The summed E-state index contributed by atoms with van der Waals surface area (Å²) in [7, 11) is 0. The van der Waals surface area contributed by atoms with Gasteiger partial charge >= 0.3 is 0 Å². The van der Waals surface area contributed by atoms with Crippen LogP contribution in [-0.2, 0) is 0 Å². The van der Waals surface area contributed by atoms with Gasteiger partial charge in [0.15, 0.2) is 0 Å². The lowest BCUT2D eigenvalue weighted by Crippen LogP contribution is -2.26. The lowest BCUT2D eigenvalue weighted by Gasteiger charge is -2.09. The molecule has 1 heterocycles. The van der Waals surface area contributed by atoms with Crippen molar-refractivity contribution in [3.63, 3.8) is 0 Å². The lowest BCUT2D eigenvalue weighted by molar-refractivity contribution is 0.0932. The van der Waals surface area contributed by atoms with Crippen molar-refractivity contribution in [3.8, 4) is 11.4 Å². The van der Waals surface area contributed by atoms with E-state index in [-0.39, 0.29) is 23.4 Å². The number of halogens is 1. The van der Waals surface area contributed by atoms with E-state index in [2.05, 4.69) is 22.0 Å². The van der Waals surface area contributed by atoms with Crippen LogP contribution in [0.5, 0.6) is 0 Å². The summed E-state index contributed by atoms with van der Waals surface area (Å²) < 4.78 is 18.5. The second-order valence-corrected chi connectivity index (χ2v) is 5.49. The van der Waals surface area contributed by atoms with E-state index < -0.39 is 6.04 Å². The van der Waals surface area contributed by atoms with Crippen molar-refractivity contribution in [1.29, 1.82) is 0 Å². The molecule has 6 heteroatoms. The average Bonchev–Trinajstić information content (AvgIpc) is 3.12. The summed E-state index contributed by atoms with van der Waals surface area (Å²) in [5.41, 5.74) is 1.96. The van der Waals surface area contributed by atoms with Crippen molar-refractivity contribution in [1.82, 2.24) is 15.5 Å². The van der Waals surface area contributed by atoms with Gasteiger partial charge in [-0.2, -0.15) is 4.98 Å². The Hall–Kier alpha value is -3.28.